The summed E-state index contributed by atoms with van der Waals surface area (Å²) >= 11 is 5.97. The zero-order valence-electron chi connectivity index (χ0n) is 8.82. The minimum absolute atomic E-state index is 0.0725. The highest BCUT2D eigenvalue weighted by Gasteiger charge is 2.16. The molecule has 2 aromatic rings. The van der Waals surface area contributed by atoms with Gasteiger partial charge in [-0.15, -0.1) is 0 Å². The first-order valence-corrected chi connectivity index (χ1v) is 5.42. The van der Waals surface area contributed by atoms with Gasteiger partial charge in [0.2, 0.25) is 0 Å². The molecule has 16 heavy (non-hydrogen) atoms. The summed E-state index contributed by atoms with van der Waals surface area (Å²) in [6.07, 6.45) is 2.67. The van der Waals surface area contributed by atoms with Gasteiger partial charge in [0.15, 0.2) is 0 Å². The van der Waals surface area contributed by atoms with Gasteiger partial charge in [0.05, 0.1) is 11.2 Å². The van der Waals surface area contributed by atoms with Gasteiger partial charge in [0, 0.05) is 17.7 Å². The summed E-state index contributed by atoms with van der Waals surface area (Å²) in [6.45, 7) is 1.93. The molecule has 0 aliphatic carbocycles. The third kappa shape index (κ3) is 2.07. The molecule has 0 aliphatic rings. The van der Waals surface area contributed by atoms with E-state index < -0.39 is 0 Å². The highest BCUT2D eigenvalue weighted by Crippen LogP contribution is 2.30. The molecule has 2 rings (SSSR count). The molecule has 0 spiro atoms. The summed E-state index contributed by atoms with van der Waals surface area (Å²) in [7, 11) is 0. The Balaban J connectivity index is 2.46. The van der Waals surface area contributed by atoms with Crippen LogP contribution in [-0.4, -0.2) is 4.98 Å². The van der Waals surface area contributed by atoms with Gasteiger partial charge in [-0.1, -0.05) is 48.9 Å². The van der Waals surface area contributed by atoms with Gasteiger partial charge in [-0.3, -0.25) is 4.98 Å². The highest BCUT2D eigenvalue weighted by atomic mass is 35.5. The fourth-order valence-electron chi connectivity index (χ4n) is 1.74. The Bertz CT molecular complexity index is 464. The number of aromatic nitrogens is 1. The van der Waals surface area contributed by atoms with Crippen molar-refractivity contribution in [1.82, 2.24) is 4.98 Å². The van der Waals surface area contributed by atoms with E-state index in [0.29, 0.717) is 10.6 Å². The molecule has 1 heterocycles. The van der Waals surface area contributed by atoms with Crippen molar-refractivity contribution in [2.45, 2.75) is 12.8 Å². The lowest BCUT2D eigenvalue weighted by atomic mass is 9.93. The quantitative estimate of drug-likeness (QED) is 0.766. The Morgan fingerprint density at radius 3 is 2.50 bits per heavy atom. The average molecular weight is 236 g/mol. The topological polar surface area (TPSA) is 12.9 Å². The van der Waals surface area contributed by atoms with Crippen molar-refractivity contribution >= 4 is 11.6 Å². The largest absolute Gasteiger partial charge is 0.260 e. The van der Waals surface area contributed by atoms with Crippen LogP contribution in [0.15, 0.2) is 42.7 Å². The van der Waals surface area contributed by atoms with Crippen molar-refractivity contribution in [2.75, 3.05) is 0 Å². The van der Waals surface area contributed by atoms with Gasteiger partial charge in [0.1, 0.15) is 5.82 Å². The van der Waals surface area contributed by atoms with Crippen LogP contribution in [0.25, 0.3) is 0 Å². The molecule has 1 aromatic carbocycles. The smallest absolute Gasteiger partial charge is 0.146 e. The summed E-state index contributed by atoms with van der Waals surface area (Å²) < 4.78 is 13.6. The number of hydrogen-bond acceptors (Lipinski definition) is 1. The lowest BCUT2D eigenvalue weighted by molar-refractivity contribution is 0.597. The Labute approximate surface area is 98.9 Å². The minimum atomic E-state index is -0.358. The second kappa shape index (κ2) is 4.62. The van der Waals surface area contributed by atoms with E-state index in [1.165, 1.54) is 12.4 Å². The molecule has 0 saturated heterocycles. The number of halogens is 2. The second-order valence-electron chi connectivity index (χ2n) is 3.65. The van der Waals surface area contributed by atoms with E-state index in [2.05, 4.69) is 4.98 Å². The van der Waals surface area contributed by atoms with E-state index in [4.69, 9.17) is 11.6 Å². The summed E-state index contributed by atoms with van der Waals surface area (Å²) in [5, 5.41) is 0.372. The molecule has 1 aromatic heterocycles. The molecule has 1 atom stereocenters. The molecule has 0 radical (unpaired) electrons. The maximum atomic E-state index is 13.6. The lowest BCUT2D eigenvalue weighted by Crippen LogP contribution is -2.01. The maximum absolute atomic E-state index is 13.6. The van der Waals surface area contributed by atoms with Crippen LogP contribution in [0, 0.1) is 5.82 Å². The highest BCUT2D eigenvalue weighted by molar-refractivity contribution is 6.31. The van der Waals surface area contributed by atoms with Gasteiger partial charge in [-0.25, -0.2) is 4.39 Å². The average Bonchev–Trinajstić information content (AvgIpc) is 2.30. The van der Waals surface area contributed by atoms with Crippen molar-refractivity contribution in [3.05, 3.63) is 64.7 Å². The number of hydrogen-bond donors (Lipinski definition) is 0. The van der Waals surface area contributed by atoms with E-state index >= 15 is 0 Å². The molecule has 0 N–H and O–H groups in total. The zero-order chi connectivity index (χ0) is 11.5. The normalized spacial score (nSPS) is 12.4. The fourth-order valence-corrected chi connectivity index (χ4v) is 2.05. The zero-order valence-corrected chi connectivity index (χ0v) is 9.58. The molecule has 0 bridgehead atoms. The van der Waals surface area contributed by atoms with Crippen molar-refractivity contribution in [1.29, 1.82) is 0 Å². The summed E-state index contributed by atoms with van der Waals surface area (Å²) in [5.41, 5.74) is 1.54. The van der Waals surface area contributed by atoms with Crippen molar-refractivity contribution in [3.63, 3.8) is 0 Å². The van der Waals surface area contributed by atoms with Gasteiger partial charge in [-0.05, 0) is 5.56 Å². The van der Waals surface area contributed by atoms with E-state index in [0.717, 1.165) is 5.56 Å². The number of benzene rings is 1. The summed E-state index contributed by atoms with van der Waals surface area (Å²) in [5.74, 6) is -0.430. The molecule has 0 amide bonds. The molecule has 0 aliphatic heterocycles. The molecule has 0 fully saturated rings. The molecule has 1 nitrogen and oxygen atoms in total. The summed E-state index contributed by atoms with van der Waals surface area (Å²) in [6, 6.07) is 9.71. The first-order chi connectivity index (χ1) is 7.70. The molecule has 1 unspecified atom stereocenters. The van der Waals surface area contributed by atoms with E-state index in [-0.39, 0.29) is 11.7 Å². The number of rotatable bonds is 2. The summed E-state index contributed by atoms with van der Waals surface area (Å²) in [4.78, 5) is 3.71. The van der Waals surface area contributed by atoms with Crippen LogP contribution >= 0.6 is 11.6 Å². The molecule has 3 heteroatoms. The maximum Gasteiger partial charge on any atom is 0.146 e. The molecular formula is C13H11ClFN. The van der Waals surface area contributed by atoms with E-state index in [1.807, 2.05) is 37.3 Å². The van der Waals surface area contributed by atoms with Crippen molar-refractivity contribution in [3.8, 4) is 0 Å². The first kappa shape index (κ1) is 11.1. The SMILES string of the molecule is CC(c1ccccc1)c1c(F)cncc1Cl. The second-order valence-corrected chi connectivity index (χ2v) is 4.06. The Kier molecular flexibility index (Phi) is 3.20. The van der Waals surface area contributed by atoms with Crippen LogP contribution in [0.5, 0.6) is 0 Å². The first-order valence-electron chi connectivity index (χ1n) is 5.04. The van der Waals surface area contributed by atoms with Gasteiger partial charge >= 0.3 is 0 Å². The van der Waals surface area contributed by atoms with E-state index in [1.54, 1.807) is 0 Å². The van der Waals surface area contributed by atoms with Gasteiger partial charge in [0.25, 0.3) is 0 Å². The van der Waals surface area contributed by atoms with Crippen LogP contribution in [-0.2, 0) is 0 Å². The Hall–Kier alpha value is -1.41. The third-order valence-corrected chi connectivity index (χ3v) is 2.92. The third-order valence-electron chi connectivity index (χ3n) is 2.62. The number of nitrogens with zero attached hydrogens (tertiary/aromatic N) is 1. The minimum Gasteiger partial charge on any atom is -0.260 e. The molecular weight excluding hydrogens is 225 g/mol. The Morgan fingerprint density at radius 2 is 1.88 bits per heavy atom. The number of pyridine rings is 1. The van der Waals surface area contributed by atoms with E-state index in [9.17, 15) is 4.39 Å². The predicted molar refractivity (Wildman–Crippen MR) is 63.2 cm³/mol. The van der Waals surface area contributed by atoms with Crippen LogP contribution in [0.1, 0.15) is 24.0 Å². The molecule has 82 valence electrons. The van der Waals surface area contributed by atoms with Gasteiger partial charge < -0.3 is 0 Å². The van der Waals surface area contributed by atoms with Crippen molar-refractivity contribution < 1.29 is 4.39 Å². The fraction of sp³-hybridized carbons (Fsp3) is 0.154. The van der Waals surface area contributed by atoms with Crippen LogP contribution < -0.4 is 0 Å². The van der Waals surface area contributed by atoms with Crippen molar-refractivity contribution in [2.24, 2.45) is 0 Å². The monoisotopic (exact) mass is 235 g/mol. The molecule has 0 saturated carbocycles. The van der Waals surface area contributed by atoms with Gasteiger partial charge in [-0.2, -0.15) is 0 Å². The van der Waals surface area contributed by atoms with Crippen LogP contribution in [0.2, 0.25) is 5.02 Å². The predicted octanol–water partition coefficient (Wildman–Crippen LogP) is 4.03. The van der Waals surface area contributed by atoms with Crippen LogP contribution in [0.3, 0.4) is 0 Å². The lowest BCUT2D eigenvalue weighted by Gasteiger charge is -2.14. The Morgan fingerprint density at radius 1 is 1.19 bits per heavy atom. The standard InChI is InChI=1S/C13H11ClFN/c1-9(10-5-3-2-4-6-10)13-11(14)7-16-8-12(13)15/h2-9H,1H3. The van der Waals surface area contributed by atoms with Crippen LogP contribution in [0.4, 0.5) is 4.39 Å².